The van der Waals surface area contributed by atoms with Crippen LogP contribution in [-0.2, 0) is 6.54 Å². The Bertz CT molecular complexity index is 606. The summed E-state index contributed by atoms with van der Waals surface area (Å²) in [5, 5.41) is 1.80. The normalized spacial score (nSPS) is 18.5. The van der Waals surface area contributed by atoms with Gasteiger partial charge in [0.1, 0.15) is 0 Å². The fourth-order valence-corrected chi connectivity index (χ4v) is 3.29. The average molecular weight is 363 g/mol. The molecule has 6 heteroatoms. The van der Waals surface area contributed by atoms with Crippen LogP contribution in [-0.4, -0.2) is 29.0 Å². The highest BCUT2D eigenvalue weighted by Crippen LogP contribution is 2.27. The number of fused-ring (bicyclic) bond motifs is 1. The molecule has 3 nitrogen and oxygen atoms in total. The number of benzene rings is 1. The number of piperidine rings is 1. The number of hydrogen-bond acceptors (Lipinski definition) is 3. The summed E-state index contributed by atoms with van der Waals surface area (Å²) in [5.41, 5.74) is 8.16. The van der Waals surface area contributed by atoms with Crippen LogP contribution in [0.3, 0.4) is 0 Å². The third-order valence-corrected chi connectivity index (χ3v) is 4.52. The van der Waals surface area contributed by atoms with Crippen LogP contribution < -0.4 is 5.73 Å². The van der Waals surface area contributed by atoms with Gasteiger partial charge in [0.05, 0.1) is 5.52 Å². The first-order valence-corrected chi connectivity index (χ1v) is 7.63. The number of nitrogens with zero attached hydrogens (tertiary/aromatic N) is 2. The van der Waals surface area contributed by atoms with Crippen LogP contribution in [0.15, 0.2) is 30.5 Å². The second-order valence-corrected chi connectivity index (χ2v) is 5.87. The number of hydrogen-bond donors (Lipinski definition) is 1. The quantitative estimate of drug-likeness (QED) is 0.896. The number of halogens is 3. The van der Waals surface area contributed by atoms with Crippen molar-refractivity contribution in [2.24, 2.45) is 5.73 Å². The summed E-state index contributed by atoms with van der Waals surface area (Å²) in [6.45, 7) is 2.77. The topological polar surface area (TPSA) is 42.1 Å². The van der Waals surface area contributed by atoms with Crippen molar-refractivity contribution in [1.29, 1.82) is 0 Å². The predicted molar refractivity (Wildman–Crippen MR) is 98.4 cm³/mol. The Kier molecular flexibility index (Phi) is 7.87. The smallest absolute Gasteiger partial charge is 0.0761 e. The maximum absolute atomic E-state index is 6.25. The summed E-state index contributed by atoms with van der Waals surface area (Å²) in [7, 11) is 0. The molecular formula is C16H22Cl3N3. The molecule has 22 heavy (non-hydrogen) atoms. The Labute approximate surface area is 149 Å². The van der Waals surface area contributed by atoms with Crippen LogP contribution in [0.2, 0.25) is 5.02 Å². The first kappa shape index (κ1) is 19.5. The van der Waals surface area contributed by atoms with E-state index >= 15 is 0 Å². The standard InChI is InChI=1S/C16H20ClN3.2ClH/c17-15-7-6-12(16-14(15)5-3-8-19-16)11-20-9-2-1-4-13(20)10-18;;/h3,5-8,13H,1-2,4,9-11,18H2;2*1H. The molecule has 1 aliphatic rings. The van der Waals surface area contributed by atoms with Gasteiger partial charge in [-0.2, -0.15) is 0 Å². The van der Waals surface area contributed by atoms with E-state index in [1.54, 1.807) is 0 Å². The molecule has 1 saturated heterocycles. The van der Waals surface area contributed by atoms with Crippen molar-refractivity contribution >= 4 is 47.3 Å². The molecule has 1 atom stereocenters. The molecule has 2 aromatic rings. The van der Waals surface area contributed by atoms with E-state index in [0.717, 1.165) is 35.6 Å². The van der Waals surface area contributed by atoms with Gasteiger partial charge < -0.3 is 5.73 Å². The van der Waals surface area contributed by atoms with E-state index in [-0.39, 0.29) is 24.8 Å². The lowest BCUT2D eigenvalue weighted by Crippen LogP contribution is -2.43. The first-order valence-electron chi connectivity index (χ1n) is 7.26. The van der Waals surface area contributed by atoms with Crippen LogP contribution in [0, 0.1) is 0 Å². The van der Waals surface area contributed by atoms with Crippen molar-refractivity contribution in [2.45, 2.75) is 31.8 Å². The Hall–Kier alpha value is -0.580. The van der Waals surface area contributed by atoms with Crippen molar-refractivity contribution in [2.75, 3.05) is 13.1 Å². The van der Waals surface area contributed by atoms with Gasteiger partial charge in [0.15, 0.2) is 0 Å². The molecule has 1 aliphatic heterocycles. The third kappa shape index (κ3) is 4.03. The molecule has 0 aliphatic carbocycles. The van der Waals surface area contributed by atoms with Gasteiger partial charge in [0, 0.05) is 35.7 Å². The highest BCUT2D eigenvalue weighted by molar-refractivity contribution is 6.35. The van der Waals surface area contributed by atoms with E-state index < -0.39 is 0 Å². The first-order chi connectivity index (χ1) is 9.79. The fraction of sp³-hybridized carbons (Fsp3) is 0.438. The van der Waals surface area contributed by atoms with E-state index in [9.17, 15) is 0 Å². The molecule has 1 aromatic heterocycles. The van der Waals surface area contributed by atoms with Crippen molar-refractivity contribution in [1.82, 2.24) is 9.88 Å². The van der Waals surface area contributed by atoms with E-state index in [2.05, 4.69) is 16.0 Å². The van der Waals surface area contributed by atoms with Crippen molar-refractivity contribution in [3.05, 3.63) is 41.0 Å². The highest BCUT2D eigenvalue weighted by atomic mass is 35.5. The minimum atomic E-state index is 0. The molecule has 0 radical (unpaired) electrons. The zero-order chi connectivity index (χ0) is 13.9. The molecule has 0 saturated carbocycles. The molecule has 2 heterocycles. The van der Waals surface area contributed by atoms with Gasteiger partial charge in [-0.15, -0.1) is 24.8 Å². The molecule has 1 aromatic carbocycles. The van der Waals surface area contributed by atoms with Gasteiger partial charge >= 0.3 is 0 Å². The monoisotopic (exact) mass is 361 g/mol. The SMILES string of the molecule is Cl.Cl.NCC1CCCCN1Cc1ccc(Cl)c2cccnc12. The van der Waals surface area contributed by atoms with Gasteiger partial charge in [0.2, 0.25) is 0 Å². The van der Waals surface area contributed by atoms with Gasteiger partial charge in [-0.3, -0.25) is 9.88 Å². The van der Waals surface area contributed by atoms with E-state index in [1.807, 2.05) is 24.4 Å². The maximum atomic E-state index is 6.25. The Morgan fingerprint density at radius 2 is 2.05 bits per heavy atom. The third-order valence-electron chi connectivity index (χ3n) is 4.19. The maximum Gasteiger partial charge on any atom is 0.0761 e. The van der Waals surface area contributed by atoms with Crippen LogP contribution in [0.5, 0.6) is 0 Å². The molecule has 0 amide bonds. The second kappa shape index (κ2) is 8.90. The minimum Gasteiger partial charge on any atom is -0.329 e. The zero-order valence-electron chi connectivity index (χ0n) is 12.4. The summed E-state index contributed by atoms with van der Waals surface area (Å²) in [5.74, 6) is 0. The van der Waals surface area contributed by atoms with Gasteiger partial charge in [-0.1, -0.05) is 24.1 Å². The minimum absolute atomic E-state index is 0. The molecule has 122 valence electrons. The van der Waals surface area contributed by atoms with Crippen LogP contribution in [0.25, 0.3) is 10.9 Å². The average Bonchev–Trinajstić information content (AvgIpc) is 2.51. The lowest BCUT2D eigenvalue weighted by atomic mass is 10.0. The number of pyridine rings is 1. The highest BCUT2D eigenvalue weighted by Gasteiger charge is 2.21. The number of likely N-dealkylation sites (tertiary alicyclic amines) is 1. The summed E-state index contributed by atoms with van der Waals surface area (Å²) < 4.78 is 0. The second-order valence-electron chi connectivity index (χ2n) is 5.46. The lowest BCUT2D eigenvalue weighted by molar-refractivity contribution is 0.145. The van der Waals surface area contributed by atoms with Crippen LogP contribution in [0.1, 0.15) is 24.8 Å². The Morgan fingerprint density at radius 1 is 1.23 bits per heavy atom. The largest absolute Gasteiger partial charge is 0.329 e. The molecule has 0 spiro atoms. The fourth-order valence-electron chi connectivity index (χ4n) is 3.08. The zero-order valence-corrected chi connectivity index (χ0v) is 14.8. The number of rotatable bonds is 3. The predicted octanol–water partition coefficient (Wildman–Crippen LogP) is 4.05. The van der Waals surface area contributed by atoms with E-state index in [1.165, 1.54) is 24.8 Å². The van der Waals surface area contributed by atoms with Crippen LogP contribution >= 0.6 is 36.4 Å². The number of nitrogens with two attached hydrogens (primary N) is 1. The summed E-state index contributed by atoms with van der Waals surface area (Å²) >= 11 is 6.25. The molecule has 1 fully saturated rings. The summed E-state index contributed by atoms with van der Waals surface area (Å²) in [4.78, 5) is 7.00. The molecule has 1 unspecified atom stereocenters. The van der Waals surface area contributed by atoms with Crippen molar-refractivity contribution in [3.63, 3.8) is 0 Å². The van der Waals surface area contributed by atoms with Gasteiger partial charge in [-0.05, 0) is 43.1 Å². The molecule has 2 N–H and O–H groups in total. The van der Waals surface area contributed by atoms with Crippen LogP contribution in [0.4, 0.5) is 0 Å². The molecular weight excluding hydrogens is 341 g/mol. The van der Waals surface area contributed by atoms with E-state index in [4.69, 9.17) is 17.3 Å². The molecule has 3 rings (SSSR count). The van der Waals surface area contributed by atoms with Crippen molar-refractivity contribution in [3.8, 4) is 0 Å². The summed E-state index contributed by atoms with van der Waals surface area (Å²) in [6, 6.07) is 8.53. The Morgan fingerprint density at radius 3 is 2.82 bits per heavy atom. The Balaban J connectivity index is 0.00000121. The summed E-state index contributed by atoms with van der Waals surface area (Å²) in [6.07, 6.45) is 5.58. The van der Waals surface area contributed by atoms with Crippen molar-refractivity contribution < 1.29 is 0 Å². The van der Waals surface area contributed by atoms with Gasteiger partial charge in [0.25, 0.3) is 0 Å². The molecule has 0 bridgehead atoms. The van der Waals surface area contributed by atoms with Gasteiger partial charge in [-0.25, -0.2) is 0 Å². The number of aromatic nitrogens is 1. The lowest BCUT2D eigenvalue weighted by Gasteiger charge is -2.35. The van der Waals surface area contributed by atoms with E-state index in [0.29, 0.717) is 6.04 Å².